The van der Waals surface area contributed by atoms with Gasteiger partial charge in [-0.1, -0.05) is 0 Å². The highest BCUT2D eigenvalue weighted by Crippen LogP contribution is 2.79. The first-order valence-corrected chi connectivity index (χ1v) is 6.22. The van der Waals surface area contributed by atoms with Crippen LogP contribution in [0.4, 0.5) is 0 Å². The number of hydrogen-bond donors (Lipinski definition) is 0. The van der Waals surface area contributed by atoms with Crippen molar-refractivity contribution in [2.45, 2.75) is 38.5 Å². The van der Waals surface area contributed by atoms with E-state index in [0.717, 1.165) is 37.0 Å². The second-order valence-electron chi connectivity index (χ2n) is 6.31. The average Bonchev–Trinajstić information content (AvgIpc) is 2.42. The molecule has 0 saturated heterocycles. The topological polar surface area (TPSA) is 17.1 Å². The number of carbonyl (C=O) groups excluding carboxylic acids is 1. The zero-order valence-electron chi connectivity index (χ0n) is 8.26. The van der Waals surface area contributed by atoms with Gasteiger partial charge in [0.05, 0.1) is 0 Å². The minimum atomic E-state index is -0.0691. The molecule has 4 saturated carbocycles. The van der Waals surface area contributed by atoms with Crippen LogP contribution in [-0.4, -0.2) is 5.24 Å². The molecule has 0 aromatic carbocycles. The average molecular weight is 211 g/mol. The molecule has 5 unspecified atom stereocenters. The molecule has 14 heavy (non-hydrogen) atoms. The number of carbonyl (C=O) groups is 1. The van der Waals surface area contributed by atoms with Gasteiger partial charge < -0.3 is 0 Å². The summed E-state index contributed by atoms with van der Waals surface area (Å²) in [6.07, 6.45) is 7.62. The van der Waals surface area contributed by atoms with Crippen LogP contribution < -0.4 is 0 Å². The Bertz CT molecular complexity index is 335. The first kappa shape index (κ1) is 8.15. The smallest absolute Gasteiger partial charge is 0.227 e. The van der Waals surface area contributed by atoms with Crippen molar-refractivity contribution in [3.05, 3.63) is 0 Å². The minimum absolute atomic E-state index is 0.0170. The fourth-order valence-electron chi connectivity index (χ4n) is 5.59. The van der Waals surface area contributed by atoms with Crippen LogP contribution in [0.1, 0.15) is 38.5 Å². The van der Waals surface area contributed by atoms with Crippen LogP contribution in [0.25, 0.3) is 0 Å². The predicted molar refractivity (Wildman–Crippen MR) is 53.9 cm³/mol. The number of hydrogen-bond acceptors (Lipinski definition) is 1. The van der Waals surface area contributed by atoms with Gasteiger partial charge in [0.2, 0.25) is 5.24 Å². The molecule has 0 aromatic rings. The van der Waals surface area contributed by atoms with Crippen molar-refractivity contribution in [3.8, 4) is 0 Å². The Morgan fingerprint density at radius 3 is 2.79 bits per heavy atom. The third-order valence-corrected chi connectivity index (χ3v) is 6.28. The SMILES string of the molecule is O=C(Cl)C12CC3CC4CC(C1)C4(C3)C2. The maximum atomic E-state index is 11.6. The molecule has 0 heterocycles. The maximum absolute atomic E-state index is 11.6. The molecule has 4 aliphatic carbocycles. The van der Waals surface area contributed by atoms with Crippen LogP contribution in [0.2, 0.25) is 0 Å². The standard InChI is InChI=1S/C12H15ClO/c13-10(14)11-3-7-1-8-2-9(5-11)12(8,4-7)6-11/h7-9H,1-6H2. The van der Waals surface area contributed by atoms with Crippen LogP contribution in [-0.2, 0) is 4.79 Å². The predicted octanol–water partition coefficient (Wildman–Crippen LogP) is 2.97. The van der Waals surface area contributed by atoms with Crippen LogP contribution in [0.5, 0.6) is 0 Å². The highest BCUT2D eigenvalue weighted by Gasteiger charge is 2.72. The first-order chi connectivity index (χ1) is 6.65. The molecule has 5 atom stereocenters. The van der Waals surface area contributed by atoms with Crippen molar-refractivity contribution in [2.75, 3.05) is 0 Å². The van der Waals surface area contributed by atoms with E-state index < -0.39 is 0 Å². The molecule has 4 rings (SSSR count). The van der Waals surface area contributed by atoms with Crippen molar-refractivity contribution < 1.29 is 4.79 Å². The lowest BCUT2D eigenvalue weighted by molar-refractivity contribution is -0.122. The summed E-state index contributed by atoms with van der Waals surface area (Å²) in [4.78, 5) is 11.6. The lowest BCUT2D eigenvalue weighted by atomic mass is 9.55. The van der Waals surface area contributed by atoms with E-state index in [-0.39, 0.29) is 10.7 Å². The molecule has 4 fully saturated rings. The molecule has 0 aliphatic heterocycles. The van der Waals surface area contributed by atoms with E-state index in [9.17, 15) is 4.79 Å². The fraction of sp³-hybridized carbons (Fsp3) is 0.917. The molecule has 4 aliphatic rings. The van der Waals surface area contributed by atoms with Gasteiger partial charge in [-0.05, 0) is 73.3 Å². The summed E-state index contributed by atoms with van der Waals surface area (Å²) < 4.78 is 0. The second kappa shape index (κ2) is 2.07. The Kier molecular flexibility index (Phi) is 1.20. The van der Waals surface area contributed by atoms with Gasteiger partial charge in [0, 0.05) is 5.41 Å². The summed E-state index contributed by atoms with van der Waals surface area (Å²) in [5, 5.41) is -0.0170. The molecule has 0 N–H and O–H groups in total. The second-order valence-corrected chi connectivity index (χ2v) is 6.65. The molecule has 0 amide bonds. The molecule has 0 aromatic heterocycles. The van der Waals surface area contributed by atoms with Crippen molar-refractivity contribution in [1.29, 1.82) is 0 Å². The third kappa shape index (κ3) is 0.651. The highest BCUT2D eigenvalue weighted by molar-refractivity contribution is 6.64. The van der Waals surface area contributed by atoms with E-state index in [1.165, 1.54) is 19.3 Å². The van der Waals surface area contributed by atoms with Gasteiger partial charge in [-0.3, -0.25) is 4.79 Å². The Morgan fingerprint density at radius 2 is 2.00 bits per heavy atom. The van der Waals surface area contributed by atoms with Crippen molar-refractivity contribution >= 4 is 16.8 Å². The lowest BCUT2D eigenvalue weighted by Gasteiger charge is -2.49. The quantitative estimate of drug-likeness (QED) is 0.609. The Balaban J connectivity index is 1.85. The molecule has 2 heteroatoms. The van der Waals surface area contributed by atoms with Gasteiger partial charge in [-0.25, -0.2) is 0 Å². The zero-order valence-corrected chi connectivity index (χ0v) is 9.02. The van der Waals surface area contributed by atoms with Crippen LogP contribution >= 0.6 is 11.6 Å². The van der Waals surface area contributed by atoms with Crippen LogP contribution in [0, 0.1) is 28.6 Å². The fourth-order valence-corrected chi connectivity index (χ4v) is 5.81. The van der Waals surface area contributed by atoms with Gasteiger partial charge in [-0.2, -0.15) is 0 Å². The van der Waals surface area contributed by atoms with E-state index >= 15 is 0 Å². The highest BCUT2D eigenvalue weighted by atomic mass is 35.5. The van der Waals surface area contributed by atoms with Gasteiger partial charge in [-0.15, -0.1) is 0 Å². The molecule has 1 nitrogen and oxygen atoms in total. The summed E-state index contributed by atoms with van der Waals surface area (Å²) in [5.41, 5.74) is 0.536. The Hall–Kier alpha value is -0.0400. The summed E-state index contributed by atoms with van der Waals surface area (Å²) in [6.45, 7) is 0. The van der Waals surface area contributed by atoms with Gasteiger partial charge in [0.15, 0.2) is 0 Å². The summed E-state index contributed by atoms with van der Waals surface area (Å²) >= 11 is 5.84. The Labute approximate surface area is 89.2 Å². The monoisotopic (exact) mass is 210 g/mol. The largest absolute Gasteiger partial charge is 0.281 e. The normalized spacial score (nSPS) is 62.5. The Morgan fingerprint density at radius 1 is 1.14 bits per heavy atom. The molecule has 1 spiro atoms. The van der Waals surface area contributed by atoms with Crippen molar-refractivity contribution in [1.82, 2.24) is 0 Å². The van der Waals surface area contributed by atoms with Crippen molar-refractivity contribution in [3.63, 3.8) is 0 Å². The maximum Gasteiger partial charge on any atom is 0.227 e. The number of halogens is 1. The molecular formula is C12H15ClO. The van der Waals surface area contributed by atoms with E-state index in [2.05, 4.69) is 0 Å². The van der Waals surface area contributed by atoms with Crippen LogP contribution in [0.3, 0.4) is 0 Å². The van der Waals surface area contributed by atoms with Gasteiger partial charge >= 0.3 is 0 Å². The summed E-state index contributed by atoms with van der Waals surface area (Å²) in [6, 6.07) is 0. The number of rotatable bonds is 1. The summed E-state index contributed by atoms with van der Waals surface area (Å²) in [5.74, 6) is 2.67. The van der Waals surface area contributed by atoms with Crippen molar-refractivity contribution in [2.24, 2.45) is 28.6 Å². The van der Waals surface area contributed by atoms with E-state index in [0.29, 0.717) is 5.41 Å². The van der Waals surface area contributed by atoms with Crippen LogP contribution in [0.15, 0.2) is 0 Å². The minimum Gasteiger partial charge on any atom is -0.281 e. The molecule has 0 radical (unpaired) electrons. The zero-order chi connectivity index (χ0) is 9.55. The van der Waals surface area contributed by atoms with Gasteiger partial charge in [0.25, 0.3) is 0 Å². The molecule has 76 valence electrons. The molecule has 3 bridgehead atoms. The van der Waals surface area contributed by atoms with E-state index in [1.807, 2.05) is 0 Å². The lowest BCUT2D eigenvalue weighted by Crippen LogP contribution is -2.42. The molecular weight excluding hydrogens is 196 g/mol. The summed E-state index contributed by atoms with van der Waals surface area (Å²) in [7, 11) is 0. The van der Waals surface area contributed by atoms with E-state index in [1.54, 1.807) is 0 Å². The number of fused-ring (bicyclic) bond motifs is 2. The van der Waals surface area contributed by atoms with Gasteiger partial charge in [0.1, 0.15) is 0 Å². The van der Waals surface area contributed by atoms with E-state index in [4.69, 9.17) is 11.6 Å². The first-order valence-electron chi connectivity index (χ1n) is 5.85. The third-order valence-electron chi connectivity index (χ3n) is 5.88.